The maximum absolute atomic E-state index is 14.6. The fourth-order valence-electron chi connectivity index (χ4n) is 5.68. The number of nitrogens with one attached hydrogen (secondary N) is 1. The van der Waals surface area contributed by atoms with Crippen LogP contribution in [0.1, 0.15) is 42.4 Å². The van der Waals surface area contributed by atoms with Gasteiger partial charge in [0.1, 0.15) is 12.6 Å². The Kier molecular flexibility index (Phi) is 11.2. The van der Waals surface area contributed by atoms with Crippen LogP contribution in [0.3, 0.4) is 0 Å². The van der Waals surface area contributed by atoms with Gasteiger partial charge in [-0.25, -0.2) is 8.42 Å². The molecule has 0 spiro atoms. The zero-order valence-electron chi connectivity index (χ0n) is 25.6. The fourth-order valence-corrected chi connectivity index (χ4v) is 7.49. The first-order chi connectivity index (χ1) is 22.1. The SMILES string of the molecule is Cc1ccc(N(CC(=O)N(Cc2ccc(Br)cc2)[C@H](Cc2ccccc2)C(=O)NC2CCCC2)S(=O)(=O)c2ccc(Cl)cc2)cc1. The van der Waals surface area contributed by atoms with Crippen LogP contribution in [0.25, 0.3) is 0 Å². The van der Waals surface area contributed by atoms with E-state index in [0.717, 1.165) is 51.2 Å². The molecule has 2 amide bonds. The van der Waals surface area contributed by atoms with Crippen LogP contribution in [0.4, 0.5) is 5.69 Å². The van der Waals surface area contributed by atoms with E-state index in [-0.39, 0.29) is 29.8 Å². The molecule has 7 nitrogen and oxygen atoms in total. The molecular weight excluding hydrogens is 686 g/mol. The zero-order chi connectivity index (χ0) is 32.7. The van der Waals surface area contributed by atoms with Crippen molar-refractivity contribution in [3.05, 3.63) is 129 Å². The van der Waals surface area contributed by atoms with Crippen molar-refractivity contribution in [1.82, 2.24) is 10.2 Å². The summed E-state index contributed by atoms with van der Waals surface area (Å²) in [5.41, 5.74) is 2.99. The maximum Gasteiger partial charge on any atom is 0.264 e. The lowest BCUT2D eigenvalue weighted by atomic mass is 10.0. The van der Waals surface area contributed by atoms with Gasteiger partial charge in [-0.15, -0.1) is 0 Å². The summed E-state index contributed by atoms with van der Waals surface area (Å²) in [7, 11) is -4.19. The molecule has 4 aromatic carbocycles. The van der Waals surface area contributed by atoms with Crippen molar-refractivity contribution in [3.63, 3.8) is 0 Å². The number of rotatable bonds is 12. The number of nitrogens with zero attached hydrogens (tertiary/aromatic N) is 2. The van der Waals surface area contributed by atoms with Crippen LogP contribution in [0.5, 0.6) is 0 Å². The minimum atomic E-state index is -4.19. The van der Waals surface area contributed by atoms with Crippen LogP contribution in [0, 0.1) is 6.92 Å². The number of sulfonamides is 1. The van der Waals surface area contributed by atoms with Gasteiger partial charge in [-0.2, -0.15) is 0 Å². The van der Waals surface area contributed by atoms with E-state index in [1.807, 2.05) is 61.5 Å². The lowest BCUT2D eigenvalue weighted by molar-refractivity contribution is -0.140. The van der Waals surface area contributed by atoms with Crippen LogP contribution in [-0.2, 0) is 32.6 Å². The number of hydrogen-bond donors (Lipinski definition) is 1. The second-order valence-electron chi connectivity index (χ2n) is 11.6. The molecule has 0 saturated heterocycles. The molecule has 240 valence electrons. The molecular formula is C36H37BrClN3O4S. The molecule has 1 aliphatic carbocycles. The van der Waals surface area contributed by atoms with Gasteiger partial charge in [-0.05, 0) is 79.4 Å². The number of aryl methyl sites for hydroxylation is 1. The smallest absolute Gasteiger partial charge is 0.264 e. The minimum absolute atomic E-state index is 0.00421. The van der Waals surface area contributed by atoms with E-state index in [1.165, 1.54) is 29.2 Å². The van der Waals surface area contributed by atoms with Crippen LogP contribution in [0.15, 0.2) is 112 Å². The molecule has 1 fully saturated rings. The monoisotopic (exact) mass is 721 g/mol. The van der Waals surface area contributed by atoms with Crippen LogP contribution < -0.4 is 9.62 Å². The quantitative estimate of drug-likeness (QED) is 0.166. The van der Waals surface area contributed by atoms with Crippen LogP contribution >= 0.6 is 27.5 Å². The highest BCUT2D eigenvalue weighted by atomic mass is 79.9. The third kappa shape index (κ3) is 8.57. The number of carbonyl (C=O) groups is 2. The number of hydrogen-bond acceptors (Lipinski definition) is 4. The lowest BCUT2D eigenvalue weighted by Crippen LogP contribution is -2.54. The molecule has 5 rings (SSSR count). The predicted octanol–water partition coefficient (Wildman–Crippen LogP) is 7.31. The molecule has 4 aromatic rings. The van der Waals surface area contributed by atoms with Gasteiger partial charge < -0.3 is 10.2 Å². The topological polar surface area (TPSA) is 86.8 Å². The normalized spacial score (nSPS) is 14.1. The van der Waals surface area contributed by atoms with Crippen molar-refractivity contribution in [1.29, 1.82) is 0 Å². The Hall–Kier alpha value is -3.66. The third-order valence-corrected chi connectivity index (χ3v) is 10.8. The van der Waals surface area contributed by atoms with Gasteiger partial charge >= 0.3 is 0 Å². The van der Waals surface area contributed by atoms with Gasteiger partial charge in [0.25, 0.3) is 10.0 Å². The van der Waals surface area contributed by atoms with E-state index in [2.05, 4.69) is 21.2 Å². The van der Waals surface area contributed by atoms with E-state index in [4.69, 9.17) is 11.6 Å². The van der Waals surface area contributed by atoms with E-state index in [0.29, 0.717) is 10.7 Å². The number of benzene rings is 4. The van der Waals surface area contributed by atoms with E-state index in [9.17, 15) is 18.0 Å². The first kappa shape index (κ1) is 33.7. The number of amides is 2. The molecule has 46 heavy (non-hydrogen) atoms. The average Bonchev–Trinajstić information content (AvgIpc) is 3.56. The van der Waals surface area contributed by atoms with Gasteiger partial charge in [-0.1, -0.05) is 101 Å². The summed E-state index contributed by atoms with van der Waals surface area (Å²) in [5.74, 6) is -0.743. The maximum atomic E-state index is 14.6. The number of carbonyl (C=O) groups excluding carboxylic acids is 2. The molecule has 0 unspecified atom stereocenters. The van der Waals surface area contributed by atoms with Crippen molar-refractivity contribution in [3.8, 4) is 0 Å². The summed E-state index contributed by atoms with van der Waals surface area (Å²) in [6.45, 7) is 1.51. The Balaban J connectivity index is 1.55. The van der Waals surface area contributed by atoms with Crippen LogP contribution in [-0.4, -0.2) is 43.8 Å². The van der Waals surface area contributed by atoms with Gasteiger partial charge in [0.05, 0.1) is 10.6 Å². The summed E-state index contributed by atoms with van der Waals surface area (Å²) in [6, 6.07) is 29.1. The first-order valence-corrected chi connectivity index (χ1v) is 17.9. The minimum Gasteiger partial charge on any atom is -0.352 e. The molecule has 0 radical (unpaired) electrons. The van der Waals surface area contributed by atoms with Crippen LogP contribution in [0.2, 0.25) is 5.02 Å². The van der Waals surface area contributed by atoms with Crippen molar-refractivity contribution < 1.29 is 18.0 Å². The Morgan fingerprint density at radius 2 is 1.50 bits per heavy atom. The van der Waals surface area contributed by atoms with Crippen molar-refractivity contribution in [2.24, 2.45) is 0 Å². The van der Waals surface area contributed by atoms with Gasteiger partial charge in [0.15, 0.2) is 0 Å². The fraction of sp³-hybridized carbons (Fsp3) is 0.278. The van der Waals surface area contributed by atoms with E-state index >= 15 is 0 Å². The summed E-state index contributed by atoms with van der Waals surface area (Å²) in [4.78, 5) is 30.2. The Labute approximate surface area is 284 Å². The Bertz CT molecular complexity index is 1730. The molecule has 1 atom stereocenters. The number of anilines is 1. The largest absolute Gasteiger partial charge is 0.352 e. The van der Waals surface area contributed by atoms with Crippen molar-refractivity contribution >= 4 is 55.1 Å². The molecule has 0 aromatic heterocycles. The first-order valence-electron chi connectivity index (χ1n) is 15.3. The average molecular weight is 723 g/mol. The molecule has 1 saturated carbocycles. The van der Waals surface area contributed by atoms with Gasteiger partial charge in [0.2, 0.25) is 11.8 Å². The van der Waals surface area contributed by atoms with Gasteiger partial charge in [-0.3, -0.25) is 13.9 Å². The second kappa shape index (κ2) is 15.3. The second-order valence-corrected chi connectivity index (χ2v) is 14.9. The third-order valence-electron chi connectivity index (χ3n) is 8.24. The van der Waals surface area contributed by atoms with Crippen molar-refractivity contribution in [2.75, 3.05) is 10.8 Å². The van der Waals surface area contributed by atoms with E-state index in [1.54, 1.807) is 24.3 Å². The zero-order valence-corrected chi connectivity index (χ0v) is 28.8. The molecule has 0 bridgehead atoms. The molecule has 1 N–H and O–H groups in total. The summed E-state index contributed by atoms with van der Waals surface area (Å²) >= 11 is 9.54. The highest BCUT2D eigenvalue weighted by Crippen LogP contribution is 2.27. The molecule has 1 aliphatic rings. The molecule has 10 heteroatoms. The summed E-state index contributed by atoms with van der Waals surface area (Å²) in [5, 5.41) is 3.60. The van der Waals surface area contributed by atoms with Gasteiger partial charge in [0, 0.05) is 28.5 Å². The standard InChI is InChI=1S/C36H37BrClN3O4S/c1-26-11-19-32(20-12-26)41(46(44,45)33-21-17-30(38)18-22-33)25-35(42)40(24-28-13-15-29(37)16-14-28)34(23-27-7-3-2-4-8-27)36(43)39-31-9-5-6-10-31/h2-4,7-8,11-22,31,34H,5-6,9-10,23-25H2,1H3,(H,39,43)/t34-/m1/s1. The number of halogens is 2. The van der Waals surface area contributed by atoms with E-state index < -0.39 is 28.5 Å². The Morgan fingerprint density at radius 1 is 0.870 bits per heavy atom. The Morgan fingerprint density at radius 3 is 2.13 bits per heavy atom. The molecule has 0 heterocycles. The highest BCUT2D eigenvalue weighted by Gasteiger charge is 2.35. The van der Waals surface area contributed by atoms with Crippen molar-refractivity contribution in [2.45, 2.75) is 62.6 Å². The lowest BCUT2D eigenvalue weighted by Gasteiger charge is -2.34. The highest BCUT2D eigenvalue weighted by molar-refractivity contribution is 9.10. The predicted molar refractivity (Wildman–Crippen MR) is 186 cm³/mol. The summed E-state index contributed by atoms with van der Waals surface area (Å²) < 4.78 is 30.3. The molecule has 0 aliphatic heterocycles. The summed E-state index contributed by atoms with van der Waals surface area (Å²) in [6.07, 6.45) is 4.15.